The molecule has 0 saturated carbocycles. The van der Waals surface area contributed by atoms with Crippen LogP contribution in [0.15, 0.2) is 42.7 Å². The topological polar surface area (TPSA) is 61.4 Å². The smallest absolute Gasteiger partial charge is 0.257 e. The number of hydrogen-bond acceptors (Lipinski definition) is 5. The van der Waals surface area contributed by atoms with Crippen molar-refractivity contribution in [3.05, 3.63) is 48.3 Å². The molecule has 1 saturated heterocycles. The van der Waals surface area contributed by atoms with Gasteiger partial charge in [0.2, 0.25) is 5.95 Å². The standard InChI is InChI=1S/C17H21N5O/c1-2-21-8-10-22(11-9-21)16(23)14-12-18-17(19-13-14)20-15-6-4-3-5-7-15/h3-7,12-13H,2,8-11H2,1H3,(H,18,19,20). The fraction of sp³-hybridized carbons (Fsp3) is 0.353. The molecule has 6 heteroatoms. The summed E-state index contributed by atoms with van der Waals surface area (Å²) < 4.78 is 0. The third kappa shape index (κ3) is 3.84. The monoisotopic (exact) mass is 311 g/mol. The van der Waals surface area contributed by atoms with Crippen molar-refractivity contribution in [3.8, 4) is 0 Å². The summed E-state index contributed by atoms with van der Waals surface area (Å²) in [6.45, 7) is 6.55. The van der Waals surface area contributed by atoms with Gasteiger partial charge in [-0.1, -0.05) is 25.1 Å². The number of nitrogens with zero attached hydrogens (tertiary/aromatic N) is 4. The zero-order valence-corrected chi connectivity index (χ0v) is 13.3. The van der Waals surface area contributed by atoms with E-state index in [1.54, 1.807) is 12.4 Å². The minimum Gasteiger partial charge on any atom is -0.336 e. The lowest BCUT2D eigenvalue weighted by molar-refractivity contribution is 0.0642. The number of likely N-dealkylation sites (N-methyl/N-ethyl adjacent to an activating group) is 1. The van der Waals surface area contributed by atoms with Crippen molar-refractivity contribution < 1.29 is 4.79 Å². The van der Waals surface area contributed by atoms with Crippen LogP contribution in [0.2, 0.25) is 0 Å². The van der Waals surface area contributed by atoms with Gasteiger partial charge in [0.25, 0.3) is 5.91 Å². The van der Waals surface area contributed by atoms with Crippen LogP contribution in [0.5, 0.6) is 0 Å². The molecule has 0 bridgehead atoms. The Morgan fingerprint density at radius 3 is 2.35 bits per heavy atom. The first kappa shape index (κ1) is 15.4. The van der Waals surface area contributed by atoms with Crippen LogP contribution >= 0.6 is 0 Å². The van der Waals surface area contributed by atoms with Crippen LogP contribution in [0.1, 0.15) is 17.3 Å². The zero-order valence-electron chi connectivity index (χ0n) is 13.3. The van der Waals surface area contributed by atoms with Crippen molar-refractivity contribution in [1.82, 2.24) is 19.8 Å². The van der Waals surface area contributed by atoms with E-state index in [0.29, 0.717) is 11.5 Å². The molecule has 1 amide bonds. The molecule has 2 heterocycles. The van der Waals surface area contributed by atoms with Gasteiger partial charge in [-0.25, -0.2) is 9.97 Å². The lowest BCUT2D eigenvalue weighted by Gasteiger charge is -2.33. The SMILES string of the molecule is CCN1CCN(C(=O)c2cnc(Nc3ccccc3)nc2)CC1. The van der Waals surface area contributed by atoms with Gasteiger partial charge in [0.1, 0.15) is 0 Å². The molecule has 1 fully saturated rings. The Morgan fingerprint density at radius 1 is 1.09 bits per heavy atom. The third-order valence-corrected chi connectivity index (χ3v) is 4.04. The Labute approximate surface area is 136 Å². The summed E-state index contributed by atoms with van der Waals surface area (Å²) in [5.41, 5.74) is 1.45. The van der Waals surface area contributed by atoms with Crippen LogP contribution in [0.25, 0.3) is 0 Å². The molecule has 1 aromatic carbocycles. The highest BCUT2D eigenvalue weighted by molar-refractivity contribution is 5.93. The number of nitrogens with one attached hydrogen (secondary N) is 1. The van der Waals surface area contributed by atoms with Crippen LogP contribution in [-0.4, -0.2) is 58.4 Å². The van der Waals surface area contributed by atoms with E-state index in [2.05, 4.69) is 27.1 Å². The van der Waals surface area contributed by atoms with Crippen molar-refractivity contribution >= 4 is 17.5 Å². The van der Waals surface area contributed by atoms with Gasteiger partial charge in [-0.2, -0.15) is 0 Å². The minimum absolute atomic E-state index is 0.00649. The number of carbonyl (C=O) groups excluding carboxylic acids is 1. The number of rotatable bonds is 4. The molecular formula is C17H21N5O. The molecule has 1 aliphatic rings. The molecule has 1 N–H and O–H groups in total. The lowest BCUT2D eigenvalue weighted by atomic mass is 10.2. The van der Waals surface area contributed by atoms with E-state index in [-0.39, 0.29) is 5.91 Å². The Kier molecular flexibility index (Phi) is 4.83. The second-order valence-electron chi connectivity index (χ2n) is 5.51. The third-order valence-electron chi connectivity index (χ3n) is 4.04. The van der Waals surface area contributed by atoms with Crippen LogP contribution in [0.3, 0.4) is 0 Å². The molecule has 0 aliphatic carbocycles. The van der Waals surface area contributed by atoms with Gasteiger partial charge in [0, 0.05) is 44.3 Å². The second-order valence-corrected chi connectivity index (χ2v) is 5.51. The van der Waals surface area contributed by atoms with Gasteiger partial charge in [0.05, 0.1) is 5.56 Å². The molecular weight excluding hydrogens is 290 g/mol. The van der Waals surface area contributed by atoms with E-state index in [1.165, 1.54) is 0 Å². The van der Waals surface area contributed by atoms with Gasteiger partial charge in [0.15, 0.2) is 0 Å². The van der Waals surface area contributed by atoms with E-state index in [1.807, 2.05) is 35.2 Å². The highest BCUT2D eigenvalue weighted by atomic mass is 16.2. The molecule has 0 spiro atoms. The van der Waals surface area contributed by atoms with Gasteiger partial charge in [-0.3, -0.25) is 4.79 Å². The number of anilines is 2. The number of benzene rings is 1. The summed E-state index contributed by atoms with van der Waals surface area (Å²) in [5.74, 6) is 0.496. The molecule has 2 aromatic rings. The molecule has 0 atom stereocenters. The average molecular weight is 311 g/mol. The maximum Gasteiger partial charge on any atom is 0.257 e. The van der Waals surface area contributed by atoms with Crippen molar-refractivity contribution in [1.29, 1.82) is 0 Å². The second kappa shape index (κ2) is 7.19. The molecule has 0 unspecified atom stereocenters. The number of amides is 1. The highest BCUT2D eigenvalue weighted by Gasteiger charge is 2.21. The quantitative estimate of drug-likeness (QED) is 0.936. The van der Waals surface area contributed by atoms with Crippen molar-refractivity contribution in [3.63, 3.8) is 0 Å². The van der Waals surface area contributed by atoms with E-state index in [0.717, 1.165) is 38.4 Å². The fourth-order valence-electron chi connectivity index (χ4n) is 2.60. The van der Waals surface area contributed by atoms with Crippen LogP contribution in [0.4, 0.5) is 11.6 Å². The van der Waals surface area contributed by atoms with Crippen LogP contribution in [-0.2, 0) is 0 Å². The maximum absolute atomic E-state index is 12.5. The zero-order chi connectivity index (χ0) is 16.1. The van der Waals surface area contributed by atoms with Gasteiger partial charge in [-0.05, 0) is 18.7 Å². The largest absolute Gasteiger partial charge is 0.336 e. The number of aromatic nitrogens is 2. The van der Waals surface area contributed by atoms with Gasteiger partial charge in [-0.15, -0.1) is 0 Å². The number of hydrogen-bond donors (Lipinski definition) is 1. The van der Waals surface area contributed by atoms with E-state index >= 15 is 0 Å². The average Bonchev–Trinajstić information content (AvgIpc) is 2.63. The van der Waals surface area contributed by atoms with E-state index < -0.39 is 0 Å². The van der Waals surface area contributed by atoms with Gasteiger partial charge >= 0.3 is 0 Å². The predicted molar refractivity (Wildman–Crippen MR) is 89.8 cm³/mol. The molecule has 1 aliphatic heterocycles. The van der Waals surface area contributed by atoms with Crippen molar-refractivity contribution in [2.24, 2.45) is 0 Å². The van der Waals surface area contributed by atoms with Gasteiger partial charge < -0.3 is 15.1 Å². The fourth-order valence-corrected chi connectivity index (χ4v) is 2.60. The molecule has 1 aromatic heterocycles. The lowest BCUT2D eigenvalue weighted by Crippen LogP contribution is -2.48. The summed E-state index contributed by atoms with van der Waals surface area (Å²) in [5, 5.41) is 3.11. The van der Waals surface area contributed by atoms with Crippen LogP contribution < -0.4 is 5.32 Å². The Hall–Kier alpha value is -2.47. The Balaban J connectivity index is 1.62. The summed E-state index contributed by atoms with van der Waals surface area (Å²) in [6, 6.07) is 9.71. The van der Waals surface area contributed by atoms with E-state index in [9.17, 15) is 4.79 Å². The molecule has 23 heavy (non-hydrogen) atoms. The highest BCUT2D eigenvalue weighted by Crippen LogP contribution is 2.12. The first-order chi connectivity index (χ1) is 11.3. The number of carbonyl (C=O) groups is 1. The summed E-state index contributed by atoms with van der Waals surface area (Å²) in [4.78, 5) is 25.2. The minimum atomic E-state index is 0.00649. The Bertz CT molecular complexity index is 636. The first-order valence-corrected chi connectivity index (χ1v) is 7.92. The summed E-state index contributed by atoms with van der Waals surface area (Å²) in [6.07, 6.45) is 3.18. The summed E-state index contributed by atoms with van der Waals surface area (Å²) in [7, 11) is 0. The number of piperazine rings is 1. The van der Waals surface area contributed by atoms with Crippen molar-refractivity contribution in [2.45, 2.75) is 6.92 Å². The van der Waals surface area contributed by atoms with Crippen molar-refractivity contribution in [2.75, 3.05) is 38.0 Å². The first-order valence-electron chi connectivity index (χ1n) is 7.92. The summed E-state index contributed by atoms with van der Waals surface area (Å²) >= 11 is 0. The maximum atomic E-state index is 12.5. The van der Waals surface area contributed by atoms with E-state index in [4.69, 9.17) is 0 Å². The Morgan fingerprint density at radius 2 is 1.74 bits per heavy atom. The molecule has 120 valence electrons. The molecule has 0 radical (unpaired) electrons. The molecule has 3 rings (SSSR count). The molecule has 6 nitrogen and oxygen atoms in total. The number of para-hydroxylation sites is 1. The predicted octanol–water partition coefficient (Wildman–Crippen LogP) is 2.00. The normalized spacial score (nSPS) is 15.4. The van der Waals surface area contributed by atoms with Crippen LogP contribution in [0, 0.1) is 0 Å².